The van der Waals surface area contributed by atoms with Crippen LogP contribution in [-0.2, 0) is 14.3 Å². The van der Waals surface area contributed by atoms with Gasteiger partial charge in [0.05, 0.1) is 32.8 Å². The second-order valence-corrected chi connectivity index (χ2v) is 3.81. The van der Waals surface area contributed by atoms with Gasteiger partial charge >= 0.3 is 5.97 Å². The van der Waals surface area contributed by atoms with E-state index in [-0.39, 0.29) is 24.7 Å². The van der Waals surface area contributed by atoms with Gasteiger partial charge in [-0.25, -0.2) is 0 Å². The van der Waals surface area contributed by atoms with Crippen molar-refractivity contribution in [1.82, 2.24) is 4.90 Å². The van der Waals surface area contributed by atoms with Crippen LogP contribution in [0.15, 0.2) is 0 Å². The fourth-order valence-corrected chi connectivity index (χ4v) is 1.63. The molecule has 0 aliphatic carbocycles. The highest BCUT2D eigenvalue weighted by Crippen LogP contribution is 2.11. The first-order valence-corrected chi connectivity index (χ1v) is 5.20. The molecule has 0 radical (unpaired) electrons. The fraction of sp³-hybridized carbons (Fsp3) is 0.900. The minimum atomic E-state index is -0.200. The lowest BCUT2D eigenvalue weighted by Crippen LogP contribution is -2.49. The number of carbonyl (C=O) groups is 1. The van der Waals surface area contributed by atoms with Crippen molar-refractivity contribution in [3.8, 4) is 0 Å². The number of ether oxygens (including phenoxy) is 2. The van der Waals surface area contributed by atoms with Gasteiger partial charge in [0, 0.05) is 19.1 Å². The maximum absolute atomic E-state index is 11.0. The van der Waals surface area contributed by atoms with Gasteiger partial charge in [0.1, 0.15) is 0 Å². The van der Waals surface area contributed by atoms with Crippen molar-refractivity contribution >= 4 is 5.97 Å². The first-order valence-electron chi connectivity index (χ1n) is 5.20. The zero-order valence-corrected chi connectivity index (χ0v) is 9.31. The quantitative estimate of drug-likeness (QED) is 0.651. The first-order chi connectivity index (χ1) is 7.17. The molecule has 5 heteroatoms. The van der Waals surface area contributed by atoms with E-state index < -0.39 is 0 Å². The predicted molar refractivity (Wildman–Crippen MR) is 54.5 cm³/mol. The van der Waals surface area contributed by atoms with E-state index in [2.05, 4.69) is 9.64 Å². The first kappa shape index (κ1) is 12.4. The van der Waals surface area contributed by atoms with Crippen LogP contribution >= 0.6 is 0 Å². The van der Waals surface area contributed by atoms with Crippen LogP contribution < -0.4 is 0 Å². The number of hydrogen-bond donors (Lipinski definition) is 1. The lowest BCUT2D eigenvalue weighted by molar-refractivity contribution is -0.142. The summed E-state index contributed by atoms with van der Waals surface area (Å²) in [5, 5.41) is 8.98. The maximum atomic E-state index is 11.0. The van der Waals surface area contributed by atoms with E-state index in [0.29, 0.717) is 26.1 Å². The Labute approximate surface area is 90.0 Å². The molecule has 2 atom stereocenters. The Hall–Kier alpha value is -0.650. The lowest BCUT2D eigenvalue weighted by atomic mass is 10.2. The Kier molecular flexibility index (Phi) is 5.01. The van der Waals surface area contributed by atoms with E-state index >= 15 is 0 Å². The molecule has 1 aliphatic heterocycles. The van der Waals surface area contributed by atoms with Crippen LogP contribution in [0.5, 0.6) is 0 Å². The average Bonchev–Trinajstić information content (AvgIpc) is 2.27. The summed E-state index contributed by atoms with van der Waals surface area (Å²) in [5.41, 5.74) is 0. The number of hydrogen-bond acceptors (Lipinski definition) is 5. The van der Waals surface area contributed by atoms with Gasteiger partial charge in [-0.1, -0.05) is 0 Å². The van der Waals surface area contributed by atoms with Gasteiger partial charge in [-0.15, -0.1) is 0 Å². The second kappa shape index (κ2) is 6.05. The smallest absolute Gasteiger partial charge is 0.306 e. The lowest BCUT2D eigenvalue weighted by Gasteiger charge is -2.37. The number of methoxy groups -OCH3 is 1. The molecule has 0 saturated carbocycles. The zero-order chi connectivity index (χ0) is 11.3. The molecule has 88 valence electrons. The van der Waals surface area contributed by atoms with E-state index in [1.165, 1.54) is 7.11 Å². The molecule has 1 rings (SSSR count). The highest BCUT2D eigenvalue weighted by Gasteiger charge is 2.25. The maximum Gasteiger partial charge on any atom is 0.306 e. The fourth-order valence-electron chi connectivity index (χ4n) is 1.63. The molecule has 0 spiro atoms. The summed E-state index contributed by atoms with van der Waals surface area (Å²) in [5.74, 6) is -0.200. The molecule has 0 aromatic heterocycles. The van der Waals surface area contributed by atoms with Gasteiger partial charge in [0.2, 0.25) is 0 Å². The number of aliphatic hydroxyl groups is 1. The molecule has 1 N–H and O–H groups in total. The van der Waals surface area contributed by atoms with Crippen LogP contribution in [0.25, 0.3) is 0 Å². The number of aliphatic hydroxyl groups excluding tert-OH is 1. The highest BCUT2D eigenvalue weighted by molar-refractivity contribution is 5.69. The van der Waals surface area contributed by atoms with E-state index in [9.17, 15) is 4.79 Å². The summed E-state index contributed by atoms with van der Waals surface area (Å²) in [4.78, 5) is 13.1. The van der Waals surface area contributed by atoms with Gasteiger partial charge in [-0.2, -0.15) is 0 Å². The Morgan fingerprint density at radius 3 is 3.00 bits per heavy atom. The molecule has 5 nitrogen and oxygen atoms in total. The number of carbonyl (C=O) groups excluding carboxylic acids is 1. The van der Waals surface area contributed by atoms with E-state index in [4.69, 9.17) is 9.84 Å². The molecule has 0 aromatic carbocycles. The zero-order valence-electron chi connectivity index (χ0n) is 9.31. The van der Waals surface area contributed by atoms with Crippen LogP contribution in [0.2, 0.25) is 0 Å². The highest BCUT2D eigenvalue weighted by atomic mass is 16.5. The second-order valence-electron chi connectivity index (χ2n) is 3.81. The Balaban J connectivity index is 2.34. The average molecular weight is 217 g/mol. The number of nitrogens with zero attached hydrogens (tertiary/aromatic N) is 1. The predicted octanol–water partition coefficient (Wildman–Crippen LogP) is -0.369. The van der Waals surface area contributed by atoms with Crippen molar-refractivity contribution in [2.24, 2.45) is 0 Å². The van der Waals surface area contributed by atoms with Crippen molar-refractivity contribution < 1.29 is 19.4 Å². The summed E-state index contributed by atoms with van der Waals surface area (Å²) >= 11 is 0. The van der Waals surface area contributed by atoms with Gasteiger partial charge in [0.25, 0.3) is 0 Å². The van der Waals surface area contributed by atoms with Crippen LogP contribution in [0.3, 0.4) is 0 Å². The van der Waals surface area contributed by atoms with Gasteiger partial charge in [-0.05, 0) is 6.92 Å². The van der Waals surface area contributed by atoms with Crippen LogP contribution in [0, 0.1) is 0 Å². The number of esters is 1. The number of morpholine rings is 1. The molecule has 0 amide bonds. The third-order valence-electron chi connectivity index (χ3n) is 2.67. The van der Waals surface area contributed by atoms with Crippen molar-refractivity contribution in [1.29, 1.82) is 0 Å². The minimum Gasteiger partial charge on any atom is -0.469 e. The SMILES string of the molecule is COC(=O)CCN1CC(CO)OCC1C. The van der Waals surface area contributed by atoms with Crippen LogP contribution in [-0.4, -0.2) is 61.5 Å². The van der Waals surface area contributed by atoms with Crippen molar-refractivity contribution in [3.63, 3.8) is 0 Å². The third-order valence-corrected chi connectivity index (χ3v) is 2.67. The Morgan fingerprint density at radius 2 is 2.40 bits per heavy atom. The van der Waals surface area contributed by atoms with Gasteiger partial charge in [-0.3, -0.25) is 9.69 Å². The molecule has 1 heterocycles. The summed E-state index contributed by atoms with van der Waals surface area (Å²) in [7, 11) is 1.39. The van der Waals surface area contributed by atoms with Gasteiger partial charge in [0.15, 0.2) is 0 Å². The van der Waals surface area contributed by atoms with Crippen molar-refractivity contribution in [2.45, 2.75) is 25.5 Å². The standard InChI is InChI=1S/C10H19NO4/c1-8-7-15-9(6-12)5-11(8)4-3-10(13)14-2/h8-9,12H,3-7H2,1-2H3. The van der Waals surface area contributed by atoms with E-state index in [0.717, 1.165) is 0 Å². The van der Waals surface area contributed by atoms with Crippen molar-refractivity contribution in [3.05, 3.63) is 0 Å². The monoisotopic (exact) mass is 217 g/mol. The largest absolute Gasteiger partial charge is 0.469 e. The Bertz CT molecular complexity index is 210. The topological polar surface area (TPSA) is 59.0 Å². The molecule has 1 fully saturated rings. The summed E-state index contributed by atoms with van der Waals surface area (Å²) in [6, 6.07) is 0.289. The summed E-state index contributed by atoms with van der Waals surface area (Å²) in [6.45, 7) is 4.01. The molecule has 0 bridgehead atoms. The minimum absolute atomic E-state index is 0.0292. The van der Waals surface area contributed by atoms with E-state index in [1.807, 2.05) is 6.92 Å². The Morgan fingerprint density at radius 1 is 1.67 bits per heavy atom. The van der Waals surface area contributed by atoms with Crippen LogP contribution in [0.1, 0.15) is 13.3 Å². The van der Waals surface area contributed by atoms with Crippen molar-refractivity contribution in [2.75, 3.05) is 33.4 Å². The van der Waals surface area contributed by atoms with Crippen LogP contribution in [0.4, 0.5) is 0 Å². The number of rotatable bonds is 4. The molecular formula is C10H19NO4. The van der Waals surface area contributed by atoms with Gasteiger partial charge < -0.3 is 14.6 Å². The van der Waals surface area contributed by atoms with E-state index in [1.54, 1.807) is 0 Å². The molecular weight excluding hydrogens is 198 g/mol. The molecule has 15 heavy (non-hydrogen) atoms. The molecule has 1 saturated heterocycles. The third kappa shape index (κ3) is 3.77. The summed E-state index contributed by atoms with van der Waals surface area (Å²) < 4.78 is 9.98. The molecule has 0 aromatic rings. The molecule has 2 unspecified atom stereocenters. The molecule has 1 aliphatic rings. The normalized spacial score (nSPS) is 27.7. The summed E-state index contributed by atoms with van der Waals surface area (Å²) in [6.07, 6.45) is 0.262.